The number of hydrogen-bond donors (Lipinski definition) is 3. The highest BCUT2D eigenvalue weighted by molar-refractivity contribution is 7.17. The van der Waals surface area contributed by atoms with E-state index < -0.39 is 12.0 Å². The number of amides is 2. The number of rotatable bonds is 8. The first-order valence-electron chi connectivity index (χ1n) is 10.7. The van der Waals surface area contributed by atoms with Gasteiger partial charge in [-0.2, -0.15) is 0 Å². The van der Waals surface area contributed by atoms with Crippen LogP contribution < -0.4 is 20.7 Å². The average Bonchev–Trinajstić information content (AvgIpc) is 3.11. The smallest absolute Gasteiger partial charge is 0.341 e. The van der Waals surface area contributed by atoms with Crippen LogP contribution in [0.2, 0.25) is 0 Å². The lowest BCUT2D eigenvalue weighted by Crippen LogP contribution is -2.32. The molecule has 2 aromatic rings. The number of hydrogen-bond acceptors (Lipinski definition) is 7. The molecule has 1 aromatic carbocycles. The van der Waals surface area contributed by atoms with Gasteiger partial charge in [0.1, 0.15) is 16.8 Å². The molecule has 32 heavy (non-hydrogen) atoms. The van der Waals surface area contributed by atoms with Crippen LogP contribution in [0.3, 0.4) is 0 Å². The van der Waals surface area contributed by atoms with E-state index in [-0.39, 0.29) is 18.4 Å². The topological polar surface area (TPSA) is 106 Å². The Labute approximate surface area is 191 Å². The molecule has 172 valence electrons. The zero-order valence-electron chi connectivity index (χ0n) is 18.8. The Morgan fingerprint density at radius 2 is 1.91 bits per heavy atom. The molecule has 3 rings (SSSR count). The quantitative estimate of drug-likeness (QED) is 0.511. The van der Waals surface area contributed by atoms with Gasteiger partial charge in [0.15, 0.2) is 0 Å². The SMILES string of the molecule is CCOC(=O)c1c(NC(=O)C(C)Nc2cc(NC(C)=O)ccc2OC)sc2c1CCCC2. The van der Waals surface area contributed by atoms with Crippen molar-refractivity contribution < 1.29 is 23.9 Å². The van der Waals surface area contributed by atoms with Crippen LogP contribution >= 0.6 is 11.3 Å². The zero-order valence-corrected chi connectivity index (χ0v) is 19.6. The lowest BCUT2D eigenvalue weighted by molar-refractivity contribution is -0.116. The lowest BCUT2D eigenvalue weighted by atomic mass is 9.95. The molecule has 0 saturated carbocycles. The molecule has 1 unspecified atom stereocenters. The summed E-state index contributed by atoms with van der Waals surface area (Å²) in [4.78, 5) is 38.1. The van der Waals surface area contributed by atoms with Gasteiger partial charge < -0.3 is 25.4 Å². The minimum atomic E-state index is -0.634. The van der Waals surface area contributed by atoms with Crippen LogP contribution in [0.1, 0.15) is 54.4 Å². The van der Waals surface area contributed by atoms with Crippen molar-refractivity contribution >= 4 is 45.5 Å². The first-order valence-corrected chi connectivity index (χ1v) is 11.5. The van der Waals surface area contributed by atoms with Crippen LogP contribution in [0.4, 0.5) is 16.4 Å². The summed E-state index contributed by atoms with van der Waals surface area (Å²) in [6, 6.07) is 4.51. The first kappa shape index (κ1) is 23.6. The standard InChI is InChI=1S/C23H29N3O5S/c1-5-31-23(29)20-16-8-6-7-9-19(16)32-22(20)26-21(28)13(2)24-17-12-15(25-14(3)27)10-11-18(17)30-4/h10-13,24H,5-9H2,1-4H3,(H,25,27)(H,26,28). The van der Waals surface area contributed by atoms with Crippen molar-refractivity contribution in [2.45, 2.75) is 52.5 Å². The maximum atomic E-state index is 13.0. The highest BCUT2D eigenvalue weighted by Gasteiger charge is 2.28. The molecule has 9 heteroatoms. The number of aryl methyl sites for hydroxylation is 1. The number of anilines is 3. The van der Waals surface area contributed by atoms with Crippen LogP contribution in [0.15, 0.2) is 18.2 Å². The van der Waals surface area contributed by atoms with Gasteiger partial charge in [0.25, 0.3) is 0 Å². The third-order valence-corrected chi connectivity index (χ3v) is 6.38. The molecule has 1 aliphatic carbocycles. The number of thiophene rings is 1. The molecule has 0 aliphatic heterocycles. The number of methoxy groups -OCH3 is 1. The third kappa shape index (κ3) is 5.40. The third-order valence-electron chi connectivity index (χ3n) is 5.17. The second-order valence-electron chi connectivity index (χ2n) is 7.59. The van der Waals surface area contributed by atoms with Gasteiger partial charge in [-0.25, -0.2) is 4.79 Å². The lowest BCUT2D eigenvalue weighted by Gasteiger charge is -2.18. The number of carbonyl (C=O) groups is 3. The fourth-order valence-electron chi connectivity index (χ4n) is 3.69. The molecule has 0 radical (unpaired) electrons. The van der Waals surface area contributed by atoms with E-state index in [1.165, 1.54) is 25.4 Å². The average molecular weight is 460 g/mol. The summed E-state index contributed by atoms with van der Waals surface area (Å²) in [5, 5.41) is 9.30. The van der Waals surface area contributed by atoms with Gasteiger partial charge in [0.2, 0.25) is 11.8 Å². The van der Waals surface area contributed by atoms with Gasteiger partial charge >= 0.3 is 5.97 Å². The highest BCUT2D eigenvalue weighted by Crippen LogP contribution is 2.39. The number of ether oxygens (including phenoxy) is 2. The molecule has 1 aliphatic rings. The molecule has 1 aromatic heterocycles. The normalized spacial score (nSPS) is 13.5. The van der Waals surface area contributed by atoms with E-state index in [4.69, 9.17) is 9.47 Å². The van der Waals surface area contributed by atoms with E-state index in [1.807, 2.05) is 0 Å². The van der Waals surface area contributed by atoms with Crippen LogP contribution in [0.25, 0.3) is 0 Å². The molecular formula is C23H29N3O5S. The van der Waals surface area contributed by atoms with Gasteiger partial charge in [-0.05, 0) is 63.3 Å². The van der Waals surface area contributed by atoms with Gasteiger partial charge in [-0.3, -0.25) is 9.59 Å². The number of benzene rings is 1. The van der Waals surface area contributed by atoms with Crippen molar-refractivity contribution in [1.82, 2.24) is 0 Å². The summed E-state index contributed by atoms with van der Waals surface area (Å²) in [5.74, 6) is -0.341. The van der Waals surface area contributed by atoms with Crippen molar-refractivity contribution in [3.8, 4) is 5.75 Å². The van der Waals surface area contributed by atoms with Crippen LogP contribution in [0.5, 0.6) is 5.75 Å². The molecule has 0 saturated heterocycles. The highest BCUT2D eigenvalue weighted by atomic mass is 32.1. The van der Waals surface area contributed by atoms with Gasteiger partial charge in [-0.1, -0.05) is 0 Å². The predicted octanol–water partition coefficient (Wildman–Crippen LogP) is 4.21. The maximum Gasteiger partial charge on any atom is 0.341 e. The maximum absolute atomic E-state index is 13.0. The zero-order chi connectivity index (χ0) is 23.3. The van der Waals surface area contributed by atoms with Gasteiger partial charge in [-0.15, -0.1) is 11.3 Å². The van der Waals surface area contributed by atoms with Crippen molar-refractivity contribution in [3.63, 3.8) is 0 Å². The van der Waals surface area contributed by atoms with Crippen molar-refractivity contribution in [1.29, 1.82) is 0 Å². The molecule has 8 nitrogen and oxygen atoms in total. The minimum absolute atomic E-state index is 0.194. The number of fused-ring (bicyclic) bond motifs is 1. The molecule has 1 heterocycles. The molecule has 0 spiro atoms. The van der Waals surface area contributed by atoms with Crippen LogP contribution in [0, 0.1) is 0 Å². The van der Waals surface area contributed by atoms with Gasteiger partial charge in [0.05, 0.1) is 25.0 Å². The minimum Gasteiger partial charge on any atom is -0.495 e. The summed E-state index contributed by atoms with van der Waals surface area (Å²) in [5.41, 5.74) is 2.64. The number of esters is 1. The second kappa shape index (κ2) is 10.5. The van der Waals surface area contributed by atoms with Crippen LogP contribution in [-0.4, -0.2) is 37.5 Å². The molecule has 0 fully saturated rings. The Bertz CT molecular complexity index is 1020. The number of carbonyl (C=O) groups excluding carboxylic acids is 3. The Morgan fingerprint density at radius 1 is 1.16 bits per heavy atom. The second-order valence-corrected chi connectivity index (χ2v) is 8.69. The van der Waals surface area contributed by atoms with E-state index in [1.54, 1.807) is 32.0 Å². The largest absolute Gasteiger partial charge is 0.495 e. The Morgan fingerprint density at radius 3 is 2.59 bits per heavy atom. The summed E-state index contributed by atoms with van der Waals surface area (Å²) in [6.45, 7) is 5.19. The fraction of sp³-hybridized carbons (Fsp3) is 0.435. The molecule has 3 N–H and O–H groups in total. The van der Waals surface area contributed by atoms with Crippen LogP contribution in [-0.2, 0) is 27.2 Å². The number of nitrogens with one attached hydrogen (secondary N) is 3. The summed E-state index contributed by atoms with van der Waals surface area (Å²) in [6.07, 6.45) is 3.82. The van der Waals surface area contributed by atoms with Crippen molar-refractivity contribution in [3.05, 3.63) is 34.2 Å². The molecule has 0 bridgehead atoms. The van der Waals surface area contributed by atoms with E-state index in [0.29, 0.717) is 27.7 Å². The van der Waals surface area contributed by atoms with E-state index in [0.717, 1.165) is 36.1 Å². The van der Waals surface area contributed by atoms with Crippen molar-refractivity contribution in [2.75, 3.05) is 29.7 Å². The summed E-state index contributed by atoms with van der Waals surface area (Å²) >= 11 is 1.45. The Hall–Kier alpha value is -3.07. The molecular weight excluding hydrogens is 430 g/mol. The summed E-state index contributed by atoms with van der Waals surface area (Å²) < 4.78 is 10.6. The van der Waals surface area contributed by atoms with Gasteiger partial charge in [0, 0.05) is 17.5 Å². The van der Waals surface area contributed by atoms with Crippen molar-refractivity contribution in [2.24, 2.45) is 0 Å². The fourth-order valence-corrected chi connectivity index (χ4v) is 4.97. The van der Waals surface area contributed by atoms with E-state index >= 15 is 0 Å². The monoisotopic (exact) mass is 459 g/mol. The molecule has 1 atom stereocenters. The Kier molecular flexibility index (Phi) is 7.74. The van der Waals surface area contributed by atoms with E-state index in [9.17, 15) is 14.4 Å². The molecule has 2 amide bonds. The van der Waals surface area contributed by atoms with E-state index in [2.05, 4.69) is 16.0 Å². The Balaban J connectivity index is 1.80. The predicted molar refractivity (Wildman–Crippen MR) is 126 cm³/mol. The first-order chi connectivity index (χ1) is 15.3. The summed E-state index contributed by atoms with van der Waals surface area (Å²) in [7, 11) is 1.53.